The van der Waals surface area contributed by atoms with Crippen LogP contribution in [0.3, 0.4) is 0 Å². The molecular weight excluding hydrogens is 350 g/mol. The monoisotopic (exact) mass is 369 g/mol. The normalized spacial score (nSPS) is 12.6. The Bertz CT molecular complexity index is 548. The van der Waals surface area contributed by atoms with Gasteiger partial charge in [-0.05, 0) is 65.8 Å². The fraction of sp³-hybridized carbons (Fsp3) is 0.375. The summed E-state index contributed by atoms with van der Waals surface area (Å²) in [6, 6.07) is 11.4. The molecule has 0 saturated heterocycles. The molecule has 0 radical (unpaired) electrons. The summed E-state index contributed by atoms with van der Waals surface area (Å²) in [5.41, 5.74) is 1.33. The highest BCUT2D eigenvalue weighted by Crippen LogP contribution is 2.36. The minimum absolute atomic E-state index is 0.277. The van der Waals surface area contributed by atoms with Gasteiger partial charge in [0.25, 0.3) is 0 Å². The molecule has 2 aromatic rings. The van der Waals surface area contributed by atoms with Gasteiger partial charge < -0.3 is 5.32 Å². The van der Waals surface area contributed by atoms with Crippen molar-refractivity contribution < 1.29 is 0 Å². The smallest absolute Gasteiger partial charge is 0.0682 e. The SMILES string of the molecule is CCCNC(c1ccc(SC)cc1)c1sc(C)cc1Br. The lowest BCUT2D eigenvalue weighted by Gasteiger charge is -2.19. The third-order valence-electron chi connectivity index (χ3n) is 3.15. The van der Waals surface area contributed by atoms with Crippen molar-refractivity contribution >= 4 is 39.0 Å². The molecular formula is C16H20BrNS2. The predicted octanol–water partition coefficient (Wildman–Crippen LogP) is 5.63. The predicted molar refractivity (Wildman–Crippen MR) is 95.1 cm³/mol. The van der Waals surface area contributed by atoms with Crippen molar-refractivity contribution in [3.63, 3.8) is 0 Å². The summed E-state index contributed by atoms with van der Waals surface area (Å²) in [6.45, 7) is 5.39. The fourth-order valence-corrected chi connectivity index (χ4v) is 4.54. The van der Waals surface area contributed by atoms with Gasteiger partial charge >= 0.3 is 0 Å². The number of nitrogens with one attached hydrogen (secondary N) is 1. The molecule has 1 aromatic heterocycles. The number of hydrogen-bond acceptors (Lipinski definition) is 3. The van der Waals surface area contributed by atoms with Crippen molar-refractivity contribution in [2.75, 3.05) is 12.8 Å². The second-order valence-corrected chi connectivity index (χ2v) is 7.75. The summed E-state index contributed by atoms with van der Waals surface area (Å²) in [5.74, 6) is 0. The van der Waals surface area contributed by atoms with E-state index in [0.29, 0.717) is 0 Å². The molecule has 0 aliphatic heterocycles. The Balaban J connectivity index is 2.33. The summed E-state index contributed by atoms with van der Waals surface area (Å²) >= 11 is 7.35. The molecule has 0 bridgehead atoms. The van der Waals surface area contributed by atoms with Crippen LogP contribution in [0.5, 0.6) is 0 Å². The number of hydrogen-bond donors (Lipinski definition) is 1. The van der Waals surface area contributed by atoms with Crippen molar-refractivity contribution in [3.05, 3.63) is 50.1 Å². The molecule has 20 heavy (non-hydrogen) atoms. The lowest BCUT2D eigenvalue weighted by Crippen LogP contribution is -2.22. The van der Waals surface area contributed by atoms with E-state index in [2.05, 4.69) is 71.7 Å². The van der Waals surface area contributed by atoms with Gasteiger partial charge in [-0.3, -0.25) is 0 Å². The molecule has 0 aliphatic carbocycles. The molecule has 1 aromatic carbocycles. The second kappa shape index (κ2) is 7.64. The summed E-state index contributed by atoms with van der Waals surface area (Å²) < 4.78 is 1.21. The zero-order valence-corrected chi connectivity index (χ0v) is 15.3. The Kier molecular flexibility index (Phi) is 6.15. The first-order valence-corrected chi connectivity index (χ1v) is 9.62. The minimum atomic E-state index is 0.277. The quantitative estimate of drug-likeness (QED) is 0.662. The maximum atomic E-state index is 3.70. The zero-order chi connectivity index (χ0) is 14.5. The van der Waals surface area contributed by atoms with E-state index in [1.165, 1.54) is 24.7 Å². The first-order valence-electron chi connectivity index (χ1n) is 6.79. The molecule has 4 heteroatoms. The second-order valence-electron chi connectivity index (χ2n) is 4.73. The third-order valence-corrected chi connectivity index (χ3v) is 5.92. The van der Waals surface area contributed by atoms with E-state index in [0.717, 1.165) is 13.0 Å². The molecule has 0 aliphatic rings. The van der Waals surface area contributed by atoms with Crippen LogP contribution in [0.15, 0.2) is 39.7 Å². The van der Waals surface area contributed by atoms with E-state index in [-0.39, 0.29) is 6.04 Å². The first kappa shape index (κ1) is 16.1. The van der Waals surface area contributed by atoms with Crippen molar-refractivity contribution in [1.82, 2.24) is 5.32 Å². The highest BCUT2D eigenvalue weighted by molar-refractivity contribution is 9.10. The van der Waals surface area contributed by atoms with E-state index in [4.69, 9.17) is 0 Å². The van der Waals surface area contributed by atoms with Gasteiger partial charge in [-0.25, -0.2) is 0 Å². The molecule has 1 atom stereocenters. The van der Waals surface area contributed by atoms with Crippen LogP contribution < -0.4 is 5.32 Å². The molecule has 1 heterocycles. The van der Waals surface area contributed by atoms with E-state index < -0.39 is 0 Å². The van der Waals surface area contributed by atoms with Crippen molar-refractivity contribution in [2.24, 2.45) is 0 Å². The maximum absolute atomic E-state index is 3.70. The molecule has 0 fully saturated rings. The van der Waals surface area contributed by atoms with Crippen LogP contribution in [0.2, 0.25) is 0 Å². The van der Waals surface area contributed by atoms with Crippen molar-refractivity contribution in [2.45, 2.75) is 31.2 Å². The van der Waals surface area contributed by atoms with Crippen LogP contribution in [0, 0.1) is 6.92 Å². The van der Waals surface area contributed by atoms with E-state index in [1.807, 2.05) is 11.3 Å². The molecule has 0 spiro atoms. The molecule has 2 rings (SSSR count). The highest BCUT2D eigenvalue weighted by atomic mass is 79.9. The Labute approximate surface area is 138 Å². The van der Waals surface area contributed by atoms with Gasteiger partial charge in [-0.1, -0.05) is 19.1 Å². The van der Waals surface area contributed by atoms with Crippen LogP contribution in [0.4, 0.5) is 0 Å². The van der Waals surface area contributed by atoms with Crippen LogP contribution in [-0.4, -0.2) is 12.8 Å². The van der Waals surface area contributed by atoms with E-state index in [9.17, 15) is 0 Å². The van der Waals surface area contributed by atoms with Crippen LogP contribution in [0.25, 0.3) is 0 Å². The van der Waals surface area contributed by atoms with Gasteiger partial charge in [0, 0.05) is 19.1 Å². The number of rotatable bonds is 6. The summed E-state index contributed by atoms with van der Waals surface area (Å²) in [4.78, 5) is 4.02. The van der Waals surface area contributed by atoms with Gasteiger partial charge in [0.05, 0.1) is 6.04 Å². The number of thiophene rings is 1. The number of halogens is 1. The third kappa shape index (κ3) is 3.88. The average Bonchev–Trinajstić information content (AvgIpc) is 2.79. The molecule has 0 amide bonds. The number of benzene rings is 1. The van der Waals surface area contributed by atoms with Gasteiger partial charge in [0.1, 0.15) is 0 Å². The zero-order valence-electron chi connectivity index (χ0n) is 12.1. The van der Waals surface area contributed by atoms with Crippen molar-refractivity contribution in [3.8, 4) is 0 Å². The van der Waals surface area contributed by atoms with Crippen LogP contribution in [-0.2, 0) is 0 Å². The molecule has 1 nitrogen and oxygen atoms in total. The minimum Gasteiger partial charge on any atom is -0.306 e. The van der Waals surface area contributed by atoms with Crippen LogP contribution >= 0.6 is 39.0 Å². The molecule has 0 saturated carbocycles. The van der Waals surface area contributed by atoms with E-state index in [1.54, 1.807) is 11.8 Å². The Hall–Kier alpha value is -0.290. The molecule has 108 valence electrons. The van der Waals surface area contributed by atoms with Gasteiger partial charge in [0.15, 0.2) is 0 Å². The number of thioether (sulfide) groups is 1. The summed E-state index contributed by atoms with van der Waals surface area (Å²) in [5, 5.41) is 3.67. The van der Waals surface area contributed by atoms with Gasteiger partial charge in [-0.15, -0.1) is 23.1 Å². The van der Waals surface area contributed by atoms with Gasteiger partial charge in [-0.2, -0.15) is 0 Å². The topological polar surface area (TPSA) is 12.0 Å². The van der Waals surface area contributed by atoms with Crippen LogP contribution in [0.1, 0.15) is 34.7 Å². The Morgan fingerprint density at radius 3 is 2.50 bits per heavy atom. The highest BCUT2D eigenvalue weighted by Gasteiger charge is 2.18. The standard InChI is InChI=1S/C16H20BrNS2/c1-4-9-18-15(16-14(17)10-11(2)20-16)12-5-7-13(19-3)8-6-12/h5-8,10,15,18H,4,9H2,1-3H3. The largest absolute Gasteiger partial charge is 0.306 e. The lowest BCUT2D eigenvalue weighted by molar-refractivity contribution is 0.604. The summed E-state index contributed by atoms with van der Waals surface area (Å²) in [6.07, 6.45) is 3.25. The van der Waals surface area contributed by atoms with E-state index >= 15 is 0 Å². The lowest BCUT2D eigenvalue weighted by atomic mass is 10.1. The maximum Gasteiger partial charge on any atom is 0.0682 e. The molecule has 1 unspecified atom stereocenters. The van der Waals surface area contributed by atoms with Crippen molar-refractivity contribution in [1.29, 1.82) is 0 Å². The van der Waals surface area contributed by atoms with Gasteiger partial charge in [0.2, 0.25) is 0 Å². The molecule has 1 N–H and O–H groups in total. The Morgan fingerprint density at radius 1 is 1.30 bits per heavy atom. The average molecular weight is 370 g/mol. The first-order chi connectivity index (χ1) is 9.65. The fourth-order valence-electron chi connectivity index (χ4n) is 2.15. The number of aryl methyl sites for hydroxylation is 1. The Morgan fingerprint density at radius 2 is 2.00 bits per heavy atom. The summed E-state index contributed by atoms with van der Waals surface area (Å²) in [7, 11) is 0.